The molecule has 3 aromatic heterocycles. The van der Waals surface area contributed by atoms with Gasteiger partial charge < -0.3 is 15.2 Å². The molecule has 1 aliphatic rings. The SMILES string of the molecule is C#Cc1cnc(-c2ccc(C(O)CCOC(=C)C)s2)nc1Nc1cc(C2CC2)[nH]n1. The van der Waals surface area contributed by atoms with Gasteiger partial charge in [-0.3, -0.25) is 5.10 Å². The number of anilines is 2. The van der Waals surface area contributed by atoms with Crippen molar-refractivity contribution in [2.45, 2.75) is 38.2 Å². The lowest BCUT2D eigenvalue weighted by atomic mass is 10.2. The summed E-state index contributed by atoms with van der Waals surface area (Å²) in [5.41, 5.74) is 1.69. The smallest absolute Gasteiger partial charge is 0.171 e. The minimum Gasteiger partial charge on any atom is -0.499 e. The predicted molar refractivity (Wildman–Crippen MR) is 117 cm³/mol. The molecular weight excluding hydrogens is 398 g/mol. The third-order valence-corrected chi connectivity index (χ3v) is 5.90. The van der Waals surface area contributed by atoms with Crippen LogP contribution in [0, 0.1) is 12.3 Å². The van der Waals surface area contributed by atoms with Crippen LogP contribution in [0.5, 0.6) is 0 Å². The van der Waals surface area contributed by atoms with E-state index in [1.807, 2.05) is 18.2 Å². The van der Waals surface area contributed by atoms with Crippen molar-refractivity contribution < 1.29 is 9.84 Å². The van der Waals surface area contributed by atoms with Gasteiger partial charge in [0, 0.05) is 35.2 Å². The van der Waals surface area contributed by atoms with E-state index >= 15 is 0 Å². The Labute approximate surface area is 179 Å². The van der Waals surface area contributed by atoms with Gasteiger partial charge in [0.05, 0.1) is 28.9 Å². The summed E-state index contributed by atoms with van der Waals surface area (Å²) in [6.07, 6.45) is 9.50. The lowest BCUT2D eigenvalue weighted by Gasteiger charge is -2.09. The van der Waals surface area contributed by atoms with Crippen molar-refractivity contribution in [3.63, 3.8) is 0 Å². The Morgan fingerprint density at radius 1 is 1.50 bits per heavy atom. The number of terminal acetylenes is 1. The van der Waals surface area contributed by atoms with Crippen molar-refractivity contribution in [3.8, 4) is 23.0 Å². The number of ether oxygens (including phenoxy) is 1. The molecule has 7 nitrogen and oxygen atoms in total. The molecule has 0 spiro atoms. The third-order valence-electron chi connectivity index (χ3n) is 4.72. The number of aliphatic hydroxyl groups is 1. The fourth-order valence-electron chi connectivity index (χ4n) is 2.97. The summed E-state index contributed by atoms with van der Waals surface area (Å²) in [5, 5.41) is 21.0. The summed E-state index contributed by atoms with van der Waals surface area (Å²) in [6.45, 7) is 5.89. The second-order valence-corrected chi connectivity index (χ2v) is 8.38. The quantitative estimate of drug-likeness (QED) is 0.348. The number of H-pyrrole nitrogens is 1. The molecule has 1 aliphatic carbocycles. The first kappa shape index (κ1) is 20.1. The summed E-state index contributed by atoms with van der Waals surface area (Å²) in [5.74, 6) is 5.57. The Balaban J connectivity index is 1.50. The fraction of sp³-hybridized carbons (Fsp3) is 0.318. The van der Waals surface area contributed by atoms with Gasteiger partial charge in [-0.25, -0.2) is 9.97 Å². The van der Waals surface area contributed by atoms with Crippen LogP contribution in [0.4, 0.5) is 11.6 Å². The average molecular weight is 422 g/mol. The first-order chi connectivity index (χ1) is 14.5. The average Bonchev–Trinajstić information content (AvgIpc) is 3.27. The Bertz CT molecular complexity index is 1090. The van der Waals surface area contributed by atoms with Gasteiger partial charge in [-0.2, -0.15) is 5.10 Å². The third kappa shape index (κ3) is 4.70. The van der Waals surface area contributed by atoms with E-state index in [0.717, 1.165) is 15.4 Å². The molecule has 0 radical (unpaired) electrons. The van der Waals surface area contributed by atoms with E-state index < -0.39 is 6.10 Å². The summed E-state index contributed by atoms with van der Waals surface area (Å²) >= 11 is 1.44. The molecule has 0 aliphatic heterocycles. The highest BCUT2D eigenvalue weighted by atomic mass is 32.1. The van der Waals surface area contributed by atoms with E-state index in [0.29, 0.717) is 47.7 Å². The topological polar surface area (TPSA) is 96.0 Å². The minimum atomic E-state index is -0.615. The van der Waals surface area contributed by atoms with Crippen molar-refractivity contribution in [1.29, 1.82) is 0 Å². The zero-order chi connectivity index (χ0) is 21.1. The van der Waals surface area contributed by atoms with Crippen LogP contribution in [0.3, 0.4) is 0 Å². The van der Waals surface area contributed by atoms with Gasteiger partial charge in [-0.1, -0.05) is 12.5 Å². The van der Waals surface area contributed by atoms with Crippen LogP contribution in [0.1, 0.15) is 54.3 Å². The number of thiophene rings is 1. The number of aliphatic hydroxyl groups excluding tert-OH is 1. The lowest BCUT2D eigenvalue weighted by Crippen LogP contribution is -2.01. The summed E-state index contributed by atoms with van der Waals surface area (Å²) in [6, 6.07) is 5.77. The van der Waals surface area contributed by atoms with E-state index in [4.69, 9.17) is 11.2 Å². The largest absolute Gasteiger partial charge is 0.499 e. The number of nitrogens with zero attached hydrogens (tertiary/aromatic N) is 3. The van der Waals surface area contributed by atoms with Gasteiger partial charge in [-0.15, -0.1) is 17.8 Å². The Morgan fingerprint density at radius 3 is 3.07 bits per heavy atom. The van der Waals surface area contributed by atoms with Crippen LogP contribution in [0.15, 0.2) is 36.7 Å². The van der Waals surface area contributed by atoms with Gasteiger partial charge in [0.25, 0.3) is 0 Å². The number of aromatic nitrogens is 4. The van der Waals surface area contributed by atoms with Crippen molar-refractivity contribution >= 4 is 23.0 Å². The molecule has 3 heterocycles. The molecule has 8 heteroatoms. The van der Waals surface area contributed by atoms with Crippen molar-refractivity contribution in [2.24, 2.45) is 0 Å². The number of aromatic amines is 1. The van der Waals surface area contributed by atoms with Crippen molar-refractivity contribution in [2.75, 3.05) is 11.9 Å². The van der Waals surface area contributed by atoms with Crippen LogP contribution >= 0.6 is 11.3 Å². The van der Waals surface area contributed by atoms with Gasteiger partial charge in [0.1, 0.15) is 0 Å². The summed E-state index contributed by atoms with van der Waals surface area (Å²) in [4.78, 5) is 10.7. The molecule has 3 N–H and O–H groups in total. The van der Waals surface area contributed by atoms with Crippen LogP contribution in [-0.2, 0) is 4.74 Å². The molecule has 1 unspecified atom stereocenters. The van der Waals surface area contributed by atoms with Gasteiger partial charge in [-0.05, 0) is 31.9 Å². The molecule has 1 saturated carbocycles. The summed E-state index contributed by atoms with van der Waals surface area (Å²) in [7, 11) is 0. The molecule has 0 aromatic carbocycles. The molecule has 4 rings (SSSR count). The van der Waals surface area contributed by atoms with Crippen LogP contribution in [0.2, 0.25) is 0 Å². The maximum Gasteiger partial charge on any atom is 0.171 e. The standard InChI is InChI=1S/C22H23N5O2S/c1-4-14-12-23-22(19-8-7-18(30-19)17(28)9-10-29-13(2)3)25-21(14)24-20-11-16(26-27-20)15-5-6-15/h1,7-8,11-12,15,17,28H,2,5-6,9-10H2,3H3,(H2,23,24,25,26,27). The zero-order valence-electron chi connectivity index (χ0n) is 16.7. The minimum absolute atomic E-state index is 0.414. The number of rotatable bonds is 9. The summed E-state index contributed by atoms with van der Waals surface area (Å²) < 4.78 is 5.33. The van der Waals surface area contributed by atoms with E-state index in [2.05, 4.69) is 38.0 Å². The second-order valence-electron chi connectivity index (χ2n) is 7.26. The van der Waals surface area contributed by atoms with E-state index in [1.54, 1.807) is 13.1 Å². The number of nitrogens with one attached hydrogen (secondary N) is 2. The highest BCUT2D eigenvalue weighted by Gasteiger charge is 2.25. The van der Waals surface area contributed by atoms with E-state index in [1.165, 1.54) is 24.2 Å². The molecule has 30 heavy (non-hydrogen) atoms. The second kappa shape index (κ2) is 8.69. The van der Waals surface area contributed by atoms with Crippen molar-refractivity contribution in [1.82, 2.24) is 20.2 Å². The van der Waals surface area contributed by atoms with Crippen molar-refractivity contribution in [3.05, 3.63) is 52.9 Å². The van der Waals surface area contributed by atoms with E-state index in [9.17, 15) is 5.11 Å². The normalized spacial score (nSPS) is 14.2. The Morgan fingerprint density at radius 2 is 2.33 bits per heavy atom. The molecule has 0 bridgehead atoms. The predicted octanol–water partition coefficient (Wildman–Crippen LogP) is 4.50. The van der Waals surface area contributed by atoms with Crippen LogP contribution < -0.4 is 5.32 Å². The monoisotopic (exact) mass is 421 g/mol. The number of hydrogen-bond donors (Lipinski definition) is 3. The number of hydrogen-bond acceptors (Lipinski definition) is 7. The van der Waals surface area contributed by atoms with E-state index in [-0.39, 0.29) is 0 Å². The molecule has 0 amide bonds. The highest BCUT2D eigenvalue weighted by Crippen LogP contribution is 2.39. The Kier molecular flexibility index (Phi) is 5.84. The Hall–Kier alpha value is -3.15. The first-order valence-corrected chi connectivity index (χ1v) is 10.6. The van der Waals surface area contributed by atoms with Crippen LogP contribution in [-0.4, -0.2) is 31.9 Å². The molecule has 3 aromatic rings. The zero-order valence-corrected chi connectivity index (χ0v) is 17.5. The molecular formula is C22H23N5O2S. The fourth-order valence-corrected chi connectivity index (χ4v) is 3.94. The maximum atomic E-state index is 10.4. The van der Waals surface area contributed by atoms with Crippen LogP contribution in [0.25, 0.3) is 10.7 Å². The molecule has 1 atom stereocenters. The number of allylic oxidation sites excluding steroid dienone is 1. The van der Waals surface area contributed by atoms with Gasteiger partial charge in [0.15, 0.2) is 17.5 Å². The van der Waals surface area contributed by atoms with Gasteiger partial charge >= 0.3 is 0 Å². The molecule has 0 saturated heterocycles. The maximum absolute atomic E-state index is 10.4. The first-order valence-electron chi connectivity index (χ1n) is 9.76. The lowest BCUT2D eigenvalue weighted by molar-refractivity contribution is 0.119. The highest BCUT2D eigenvalue weighted by molar-refractivity contribution is 7.15. The van der Waals surface area contributed by atoms with Gasteiger partial charge in [0.2, 0.25) is 0 Å². The molecule has 154 valence electrons. The molecule has 1 fully saturated rings.